The van der Waals surface area contributed by atoms with Gasteiger partial charge >= 0.3 is 0 Å². The molecule has 0 radical (unpaired) electrons. The van der Waals surface area contributed by atoms with Crippen LogP contribution < -0.4 is 4.90 Å². The molecular weight excluding hydrogens is 326 g/mol. The highest BCUT2D eigenvalue weighted by atomic mass is 16.2. The Morgan fingerprint density at radius 1 is 1.23 bits per heavy atom. The van der Waals surface area contributed by atoms with Gasteiger partial charge in [-0.05, 0) is 43.9 Å². The molecule has 1 aromatic carbocycles. The van der Waals surface area contributed by atoms with Crippen LogP contribution in [0.1, 0.15) is 45.4 Å². The van der Waals surface area contributed by atoms with Crippen LogP contribution in [0.25, 0.3) is 0 Å². The largest absolute Gasteiger partial charge is 0.371 e. The molecule has 5 nitrogen and oxygen atoms in total. The Kier molecular flexibility index (Phi) is 5.16. The van der Waals surface area contributed by atoms with Crippen LogP contribution in [0.15, 0.2) is 30.3 Å². The zero-order valence-electron chi connectivity index (χ0n) is 16.0. The summed E-state index contributed by atoms with van der Waals surface area (Å²) in [7, 11) is 1.85. The topological polar surface area (TPSA) is 56.4 Å². The van der Waals surface area contributed by atoms with E-state index in [1.807, 2.05) is 27.0 Å². The number of ketones is 1. The van der Waals surface area contributed by atoms with Crippen LogP contribution in [0.4, 0.5) is 5.69 Å². The van der Waals surface area contributed by atoms with Gasteiger partial charge in [-0.3, -0.25) is 9.59 Å². The molecule has 1 aliphatic rings. The summed E-state index contributed by atoms with van der Waals surface area (Å²) in [6.07, 6.45) is 1.08. The second-order valence-electron chi connectivity index (χ2n) is 7.30. The maximum atomic E-state index is 12.9. The number of nitrogens with zero attached hydrogens (tertiary/aromatic N) is 2. The molecule has 0 aliphatic carbocycles. The summed E-state index contributed by atoms with van der Waals surface area (Å²) in [5.74, 6) is 0.402. The molecule has 0 unspecified atom stereocenters. The van der Waals surface area contributed by atoms with Crippen molar-refractivity contribution >= 4 is 17.4 Å². The number of H-pyrrole nitrogens is 1. The smallest absolute Gasteiger partial charge is 0.255 e. The van der Waals surface area contributed by atoms with E-state index in [0.717, 1.165) is 37.3 Å². The number of aromatic amines is 1. The van der Waals surface area contributed by atoms with Gasteiger partial charge in [0.25, 0.3) is 5.91 Å². The summed E-state index contributed by atoms with van der Waals surface area (Å²) in [6.45, 7) is 7.93. The first kappa shape index (κ1) is 18.2. The van der Waals surface area contributed by atoms with Crippen molar-refractivity contribution in [2.45, 2.75) is 27.2 Å². The number of para-hydroxylation sites is 1. The van der Waals surface area contributed by atoms with Crippen LogP contribution >= 0.6 is 0 Å². The Labute approximate surface area is 155 Å². The van der Waals surface area contributed by atoms with Gasteiger partial charge in [-0.15, -0.1) is 0 Å². The average Bonchev–Trinajstić information content (AvgIpc) is 3.19. The third-order valence-corrected chi connectivity index (χ3v) is 5.29. The molecule has 26 heavy (non-hydrogen) atoms. The van der Waals surface area contributed by atoms with Crippen molar-refractivity contribution in [3.63, 3.8) is 0 Å². The number of hydrogen-bond donors (Lipinski definition) is 1. The minimum Gasteiger partial charge on any atom is -0.371 e. The second-order valence-corrected chi connectivity index (χ2v) is 7.30. The first-order chi connectivity index (χ1) is 12.4. The van der Waals surface area contributed by atoms with Crippen molar-refractivity contribution in [2.75, 3.05) is 31.6 Å². The molecule has 0 spiro atoms. The van der Waals surface area contributed by atoms with Gasteiger partial charge in [-0.1, -0.05) is 18.2 Å². The minimum absolute atomic E-state index is 0.0121. The van der Waals surface area contributed by atoms with Crippen LogP contribution in [0.2, 0.25) is 0 Å². The number of nitrogens with one attached hydrogen (secondary N) is 1. The lowest BCUT2D eigenvalue weighted by Crippen LogP contribution is -2.33. The third kappa shape index (κ3) is 3.52. The lowest BCUT2D eigenvalue weighted by molar-refractivity contribution is 0.0775. The van der Waals surface area contributed by atoms with Gasteiger partial charge in [0.1, 0.15) is 0 Å². The minimum atomic E-state index is -0.0402. The first-order valence-corrected chi connectivity index (χ1v) is 9.14. The molecule has 1 atom stereocenters. The van der Waals surface area contributed by atoms with Gasteiger partial charge in [-0.2, -0.15) is 0 Å². The van der Waals surface area contributed by atoms with E-state index < -0.39 is 0 Å². The molecule has 2 heterocycles. The molecule has 0 bridgehead atoms. The summed E-state index contributed by atoms with van der Waals surface area (Å²) < 4.78 is 0. The highest BCUT2D eigenvalue weighted by molar-refractivity contribution is 6.02. The van der Waals surface area contributed by atoms with E-state index in [2.05, 4.69) is 34.1 Å². The number of carbonyl (C=O) groups is 2. The average molecular weight is 353 g/mol. The van der Waals surface area contributed by atoms with E-state index in [1.165, 1.54) is 12.6 Å². The zero-order chi connectivity index (χ0) is 18.8. The van der Waals surface area contributed by atoms with Gasteiger partial charge in [0.05, 0.1) is 11.3 Å². The Bertz CT molecular complexity index is 810. The number of Topliss-reactive ketones (excluding diaryl/α,β-unsaturated/α-hetero) is 1. The molecule has 5 heteroatoms. The van der Waals surface area contributed by atoms with Gasteiger partial charge in [-0.25, -0.2) is 0 Å². The van der Waals surface area contributed by atoms with Crippen LogP contribution in [0.5, 0.6) is 0 Å². The number of aromatic nitrogens is 1. The molecule has 1 N–H and O–H groups in total. The van der Waals surface area contributed by atoms with Crippen LogP contribution in [0, 0.1) is 19.8 Å². The van der Waals surface area contributed by atoms with Crippen molar-refractivity contribution < 1.29 is 9.59 Å². The Morgan fingerprint density at radius 2 is 1.92 bits per heavy atom. The Balaban J connectivity index is 1.66. The Hall–Kier alpha value is -2.56. The van der Waals surface area contributed by atoms with E-state index in [0.29, 0.717) is 17.2 Å². The predicted octanol–water partition coefficient (Wildman–Crippen LogP) is 3.43. The van der Waals surface area contributed by atoms with Crippen molar-refractivity contribution in [2.24, 2.45) is 5.92 Å². The fraction of sp³-hybridized carbons (Fsp3) is 0.429. The number of aryl methyl sites for hydroxylation is 1. The SMILES string of the molecule is CC(=O)c1[nH]c(C)c(C(=O)N(C)C[C@@H]2CCN(c3ccccc3)C2)c1C. The van der Waals surface area contributed by atoms with Gasteiger partial charge in [0.2, 0.25) is 0 Å². The Morgan fingerprint density at radius 3 is 2.54 bits per heavy atom. The predicted molar refractivity (Wildman–Crippen MR) is 104 cm³/mol. The molecule has 138 valence electrons. The summed E-state index contributed by atoms with van der Waals surface area (Å²) in [4.78, 5) is 31.9. The maximum absolute atomic E-state index is 12.9. The molecule has 1 fully saturated rings. The van der Waals surface area contributed by atoms with Gasteiger partial charge < -0.3 is 14.8 Å². The molecule has 1 saturated heterocycles. The third-order valence-electron chi connectivity index (χ3n) is 5.29. The molecule has 1 amide bonds. The standard InChI is InChI=1S/C21H27N3O2/c1-14-19(15(2)22-20(14)16(3)25)21(26)23(4)12-17-10-11-24(13-17)18-8-6-5-7-9-18/h5-9,17,22H,10-13H2,1-4H3/t17-/m0/s1. The molecular formula is C21H27N3O2. The van der Waals surface area contributed by atoms with Crippen LogP contribution in [0.3, 0.4) is 0 Å². The molecule has 3 rings (SSSR count). The highest BCUT2D eigenvalue weighted by Crippen LogP contribution is 2.25. The summed E-state index contributed by atoms with van der Waals surface area (Å²) >= 11 is 0. The highest BCUT2D eigenvalue weighted by Gasteiger charge is 2.27. The molecule has 0 saturated carbocycles. The van der Waals surface area contributed by atoms with Crippen molar-refractivity contribution in [3.8, 4) is 0 Å². The summed E-state index contributed by atoms with van der Waals surface area (Å²) in [6, 6.07) is 10.4. The quantitative estimate of drug-likeness (QED) is 0.838. The zero-order valence-corrected chi connectivity index (χ0v) is 16.0. The number of anilines is 1. The van der Waals surface area contributed by atoms with E-state index in [-0.39, 0.29) is 11.7 Å². The van der Waals surface area contributed by atoms with Crippen molar-refractivity contribution in [1.82, 2.24) is 9.88 Å². The normalized spacial score (nSPS) is 16.8. The summed E-state index contributed by atoms with van der Waals surface area (Å²) in [5, 5.41) is 0. The number of hydrogen-bond acceptors (Lipinski definition) is 3. The second kappa shape index (κ2) is 7.36. The number of carbonyl (C=O) groups excluding carboxylic acids is 2. The summed E-state index contributed by atoms with van der Waals surface area (Å²) in [5.41, 5.74) is 3.93. The first-order valence-electron chi connectivity index (χ1n) is 9.14. The van der Waals surface area contributed by atoms with E-state index in [1.54, 1.807) is 4.90 Å². The van der Waals surface area contributed by atoms with Crippen LogP contribution in [-0.2, 0) is 0 Å². The number of amides is 1. The van der Waals surface area contributed by atoms with Crippen molar-refractivity contribution in [3.05, 3.63) is 52.8 Å². The number of rotatable bonds is 5. The van der Waals surface area contributed by atoms with Crippen molar-refractivity contribution in [1.29, 1.82) is 0 Å². The van der Waals surface area contributed by atoms with E-state index >= 15 is 0 Å². The van der Waals surface area contributed by atoms with E-state index in [9.17, 15) is 9.59 Å². The lowest BCUT2D eigenvalue weighted by Gasteiger charge is -2.23. The molecule has 1 aromatic heterocycles. The molecule has 2 aromatic rings. The fourth-order valence-electron chi connectivity index (χ4n) is 3.94. The monoisotopic (exact) mass is 353 g/mol. The fourth-order valence-corrected chi connectivity index (χ4v) is 3.94. The van der Waals surface area contributed by atoms with Crippen LogP contribution in [-0.4, -0.2) is 48.3 Å². The maximum Gasteiger partial charge on any atom is 0.255 e. The van der Waals surface area contributed by atoms with E-state index in [4.69, 9.17) is 0 Å². The number of benzene rings is 1. The van der Waals surface area contributed by atoms with Gasteiger partial charge in [0, 0.05) is 45.0 Å². The van der Waals surface area contributed by atoms with Gasteiger partial charge in [0.15, 0.2) is 5.78 Å². The molecule has 1 aliphatic heterocycles. The lowest BCUT2D eigenvalue weighted by atomic mass is 10.1.